The summed E-state index contributed by atoms with van der Waals surface area (Å²) in [5.74, 6) is -3.66. The molecule has 2 unspecified atom stereocenters. The Morgan fingerprint density at radius 3 is 2.00 bits per heavy atom. The van der Waals surface area contributed by atoms with Crippen molar-refractivity contribution in [1.82, 2.24) is 0 Å². The van der Waals surface area contributed by atoms with E-state index >= 15 is 0 Å². The molecule has 0 saturated heterocycles. The minimum atomic E-state index is -1.51. The summed E-state index contributed by atoms with van der Waals surface area (Å²) in [5.41, 5.74) is 7.02. The maximum atomic E-state index is 12.2. The molecular weight excluding hydrogens is 286 g/mol. The molecule has 0 heterocycles. The molecule has 0 fully saturated rings. The Morgan fingerprint density at radius 2 is 1.64 bits per heavy atom. The number of carboxylic acid groups (broad SMARTS) is 1. The molecule has 0 amide bonds. The largest absolute Gasteiger partial charge is 0.508 e. The van der Waals surface area contributed by atoms with Crippen molar-refractivity contribution in [1.29, 1.82) is 0 Å². The molecule has 0 aliphatic carbocycles. The van der Waals surface area contributed by atoms with Crippen molar-refractivity contribution in [2.45, 2.75) is 46.3 Å². The normalized spacial score (nSPS) is 14.3. The molecule has 6 heteroatoms. The number of hydrogen-bond acceptors (Lipinski definition) is 5. The molecule has 0 spiro atoms. The summed E-state index contributed by atoms with van der Waals surface area (Å²) in [6, 6.07) is 1.90. The van der Waals surface area contributed by atoms with Crippen molar-refractivity contribution in [2.24, 2.45) is 11.7 Å². The summed E-state index contributed by atoms with van der Waals surface area (Å²) in [7, 11) is 0. The Bertz CT molecular complexity index is 566. The van der Waals surface area contributed by atoms with Gasteiger partial charge in [-0.1, -0.05) is 0 Å². The number of phenolic OH excluding ortho intramolecular Hbond substituents is 1. The van der Waals surface area contributed by atoms with Gasteiger partial charge in [0.2, 0.25) is 0 Å². The maximum Gasteiger partial charge on any atom is 0.322 e. The molecule has 0 aromatic heterocycles. The van der Waals surface area contributed by atoms with Crippen LogP contribution in [-0.4, -0.2) is 27.8 Å². The van der Waals surface area contributed by atoms with Crippen molar-refractivity contribution < 1.29 is 24.5 Å². The number of esters is 1. The molecular formula is C16H23NO5. The highest BCUT2D eigenvalue weighted by atomic mass is 16.6. The molecule has 0 radical (unpaired) electrons. The molecule has 22 heavy (non-hydrogen) atoms. The second kappa shape index (κ2) is 6.36. The second-order valence-corrected chi connectivity index (χ2v) is 6.37. The fraction of sp³-hybridized carbons (Fsp3) is 0.500. The molecule has 1 rings (SSSR count). The number of aromatic hydroxyl groups is 1. The summed E-state index contributed by atoms with van der Waals surface area (Å²) < 4.78 is 5.16. The van der Waals surface area contributed by atoms with Gasteiger partial charge >= 0.3 is 11.9 Å². The fourth-order valence-electron chi connectivity index (χ4n) is 2.41. The van der Waals surface area contributed by atoms with Gasteiger partial charge in [-0.3, -0.25) is 9.59 Å². The molecule has 0 aliphatic rings. The molecule has 1 aromatic carbocycles. The summed E-state index contributed by atoms with van der Waals surface area (Å²) in [6.07, 6.45) is 0. The van der Waals surface area contributed by atoms with E-state index in [1.807, 2.05) is 0 Å². The zero-order chi connectivity index (χ0) is 17.2. The average molecular weight is 309 g/mol. The van der Waals surface area contributed by atoms with Crippen LogP contribution in [0.4, 0.5) is 0 Å². The minimum absolute atomic E-state index is 0.0649. The molecule has 0 saturated carbocycles. The van der Waals surface area contributed by atoms with Crippen LogP contribution in [0.5, 0.6) is 5.75 Å². The van der Waals surface area contributed by atoms with Gasteiger partial charge in [-0.05, 0) is 63.4 Å². The molecule has 0 bridgehead atoms. The van der Waals surface area contributed by atoms with E-state index in [9.17, 15) is 19.8 Å². The van der Waals surface area contributed by atoms with Gasteiger partial charge in [-0.25, -0.2) is 0 Å². The Morgan fingerprint density at radius 1 is 1.18 bits per heavy atom. The van der Waals surface area contributed by atoms with Crippen LogP contribution in [0.1, 0.15) is 43.5 Å². The first kappa shape index (κ1) is 18.0. The third-order valence-electron chi connectivity index (χ3n) is 3.20. The zero-order valence-corrected chi connectivity index (χ0v) is 13.5. The zero-order valence-electron chi connectivity index (χ0n) is 13.5. The number of benzene rings is 1. The van der Waals surface area contributed by atoms with Gasteiger partial charge in [0.25, 0.3) is 0 Å². The lowest BCUT2D eigenvalue weighted by atomic mass is 9.87. The van der Waals surface area contributed by atoms with Crippen LogP contribution >= 0.6 is 0 Å². The van der Waals surface area contributed by atoms with Crippen LogP contribution in [0.3, 0.4) is 0 Å². The highest BCUT2D eigenvalue weighted by Crippen LogP contribution is 2.30. The predicted molar refractivity (Wildman–Crippen MR) is 81.5 cm³/mol. The summed E-state index contributed by atoms with van der Waals surface area (Å²) in [6.45, 7) is 8.39. The predicted octanol–water partition coefficient (Wildman–Crippen LogP) is 2.05. The van der Waals surface area contributed by atoms with E-state index in [0.29, 0.717) is 16.7 Å². The number of phenols is 1. The summed E-state index contributed by atoms with van der Waals surface area (Å²) >= 11 is 0. The Kier molecular flexibility index (Phi) is 5.19. The van der Waals surface area contributed by atoms with Gasteiger partial charge in [0, 0.05) is 0 Å². The van der Waals surface area contributed by atoms with Gasteiger partial charge in [-0.15, -0.1) is 0 Å². The molecule has 6 nitrogen and oxygen atoms in total. The van der Waals surface area contributed by atoms with E-state index in [0.717, 1.165) is 0 Å². The number of carbonyl (C=O) groups excluding carboxylic acids is 1. The first-order chi connectivity index (χ1) is 9.94. The summed E-state index contributed by atoms with van der Waals surface area (Å²) in [5, 5.41) is 18.9. The van der Waals surface area contributed by atoms with E-state index in [1.165, 1.54) is 12.1 Å². The van der Waals surface area contributed by atoms with Crippen molar-refractivity contribution >= 4 is 11.9 Å². The smallest absolute Gasteiger partial charge is 0.322 e. The van der Waals surface area contributed by atoms with Gasteiger partial charge in [0.1, 0.15) is 11.4 Å². The molecule has 4 N–H and O–H groups in total. The monoisotopic (exact) mass is 309 g/mol. The van der Waals surface area contributed by atoms with Gasteiger partial charge in [-0.2, -0.15) is 0 Å². The van der Waals surface area contributed by atoms with Crippen LogP contribution in [0.25, 0.3) is 0 Å². The SMILES string of the molecule is Cc1cc(O)cc(C)c1C(N)C(C(=O)O)C(=O)OC(C)(C)C. The van der Waals surface area contributed by atoms with Crippen molar-refractivity contribution in [3.63, 3.8) is 0 Å². The van der Waals surface area contributed by atoms with E-state index in [2.05, 4.69) is 0 Å². The highest BCUT2D eigenvalue weighted by Gasteiger charge is 2.38. The van der Waals surface area contributed by atoms with Crippen LogP contribution < -0.4 is 5.73 Å². The topological polar surface area (TPSA) is 110 Å². The molecule has 1 aromatic rings. The Hall–Kier alpha value is -2.08. The average Bonchev–Trinajstić information content (AvgIpc) is 2.23. The lowest BCUT2D eigenvalue weighted by Crippen LogP contribution is -2.39. The van der Waals surface area contributed by atoms with Crippen LogP contribution in [0.2, 0.25) is 0 Å². The number of rotatable bonds is 4. The lowest BCUT2D eigenvalue weighted by molar-refractivity contribution is -0.167. The number of aliphatic carboxylic acids is 1. The van der Waals surface area contributed by atoms with Crippen LogP contribution in [0.15, 0.2) is 12.1 Å². The fourth-order valence-corrected chi connectivity index (χ4v) is 2.41. The molecule has 122 valence electrons. The minimum Gasteiger partial charge on any atom is -0.508 e. The van der Waals surface area contributed by atoms with E-state index in [-0.39, 0.29) is 5.75 Å². The van der Waals surface area contributed by atoms with Gasteiger partial charge < -0.3 is 20.7 Å². The third kappa shape index (κ3) is 4.21. The second-order valence-electron chi connectivity index (χ2n) is 6.37. The number of hydrogen-bond donors (Lipinski definition) is 3. The third-order valence-corrected chi connectivity index (χ3v) is 3.20. The van der Waals surface area contributed by atoms with Crippen LogP contribution in [-0.2, 0) is 14.3 Å². The van der Waals surface area contributed by atoms with E-state index in [4.69, 9.17) is 10.5 Å². The Labute approximate surface area is 129 Å². The molecule has 2 atom stereocenters. The van der Waals surface area contributed by atoms with Crippen molar-refractivity contribution in [2.75, 3.05) is 0 Å². The molecule has 0 aliphatic heterocycles. The Balaban J connectivity index is 3.23. The number of carboxylic acids is 1. The first-order valence-electron chi connectivity index (χ1n) is 6.95. The number of ether oxygens (including phenoxy) is 1. The number of nitrogens with two attached hydrogens (primary N) is 1. The maximum absolute atomic E-state index is 12.2. The van der Waals surface area contributed by atoms with Crippen LogP contribution in [0, 0.1) is 19.8 Å². The first-order valence-corrected chi connectivity index (χ1v) is 6.95. The quantitative estimate of drug-likeness (QED) is 0.580. The number of aryl methyl sites for hydroxylation is 2. The van der Waals surface area contributed by atoms with E-state index < -0.39 is 29.5 Å². The number of carbonyl (C=O) groups is 2. The highest BCUT2D eigenvalue weighted by molar-refractivity contribution is 5.95. The van der Waals surface area contributed by atoms with Gasteiger partial charge in [0.15, 0.2) is 5.92 Å². The van der Waals surface area contributed by atoms with Gasteiger partial charge in [0.05, 0.1) is 6.04 Å². The van der Waals surface area contributed by atoms with Crippen molar-refractivity contribution in [3.8, 4) is 5.75 Å². The standard InChI is InChI=1S/C16H23NO5/c1-8-6-10(18)7-9(2)11(8)13(17)12(14(19)20)15(21)22-16(3,4)5/h6-7,12-13,18H,17H2,1-5H3,(H,19,20). The summed E-state index contributed by atoms with van der Waals surface area (Å²) in [4.78, 5) is 23.7. The lowest BCUT2D eigenvalue weighted by Gasteiger charge is -2.26. The van der Waals surface area contributed by atoms with Crippen molar-refractivity contribution in [3.05, 3.63) is 28.8 Å². The van der Waals surface area contributed by atoms with E-state index in [1.54, 1.807) is 34.6 Å².